The molecule has 0 saturated heterocycles. The van der Waals surface area contributed by atoms with Gasteiger partial charge in [-0.15, -0.1) is 11.3 Å². The number of carbonyl (C=O) groups excluding carboxylic acids is 2. The summed E-state index contributed by atoms with van der Waals surface area (Å²) in [5.74, 6) is 1.34. The number of thiophene rings is 1. The van der Waals surface area contributed by atoms with Gasteiger partial charge in [-0.3, -0.25) is 9.59 Å². The number of hydrogen-bond acceptors (Lipinski definition) is 4. The molecule has 184 valence electrons. The van der Waals surface area contributed by atoms with E-state index < -0.39 is 0 Å². The molecule has 1 fully saturated rings. The Morgan fingerprint density at radius 2 is 1.94 bits per heavy atom. The maximum Gasteiger partial charge on any atom is 0.242 e. The number of halogens is 1. The Bertz CT molecular complexity index is 971. The smallest absolute Gasteiger partial charge is 0.242 e. The summed E-state index contributed by atoms with van der Waals surface area (Å²) in [6.45, 7) is 6.10. The Kier molecular flexibility index (Phi) is 8.54. The molecule has 1 aliphatic carbocycles. The maximum atomic E-state index is 13.7. The molecule has 2 heterocycles. The van der Waals surface area contributed by atoms with E-state index in [0.29, 0.717) is 30.6 Å². The van der Waals surface area contributed by atoms with Crippen molar-refractivity contribution in [1.82, 2.24) is 9.80 Å². The van der Waals surface area contributed by atoms with Crippen LogP contribution in [0.3, 0.4) is 0 Å². The van der Waals surface area contributed by atoms with E-state index in [4.69, 9.17) is 16.3 Å². The molecule has 5 nitrogen and oxygen atoms in total. The van der Waals surface area contributed by atoms with Crippen molar-refractivity contribution in [2.24, 2.45) is 11.8 Å². The van der Waals surface area contributed by atoms with E-state index in [1.54, 1.807) is 23.5 Å². The van der Waals surface area contributed by atoms with Gasteiger partial charge in [-0.1, -0.05) is 44.7 Å². The van der Waals surface area contributed by atoms with Crippen molar-refractivity contribution in [3.8, 4) is 5.75 Å². The van der Waals surface area contributed by atoms with Crippen molar-refractivity contribution in [3.63, 3.8) is 0 Å². The zero-order chi connectivity index (χ0) is 24.1. The summed E-state index contributed by atoms with van der Waals surface area (Å²) in [4.78, 5) is 32.1. The van der Waals surface area contributed by atoms with E-state index in [1.165, 1.54) is 4.88 Å². The Hall–Kier alpha value is -2.05. The first-order valence-electron chi connectivity index (χ1n) is 12.5. The van der Waals surface area contributed by atoms with Gasteiger partial charge in [0.1, 0.15) is 12.4 Å². The fourth-order valence-corrected chi connectivity index (χ4v) is 6.06. The van der Waals surface area contributed by atoms with E-state index in [1.807, 2.05) is 21.9 Å². The average Bonchev–Trinajstić information content (AvgIpc) is 3.54. The molecule has 1 aromatic heterocycles. The lowest BCUT2D eigenvalue weighted by Gasteiger charge is -2.37. The fraction of sp³-hybridized carbons (Fsp3) is 0.556. The van der Waals surface area contributed by atoms with Gasteiger partial charge >= 0.3 is 0 Å². The molecule has 0 radical (unpaired) electrons. The zero-order valence-electron chi connectivity index (χ0n) is 20.2. The SMILES string of the molecule is CCC(C)CN(CC(=O)N1CCc2sccc2C1COc1ccc(Cl)cc1)C(=O)C1CCCC1. The first kappa shape index (κ1) is 25.1. The fourth-order valence-electron chi connectivity index (χ4n) is 5.00. The van der Waals surface area contributed by atoms with Crippen LogP contribution >= 0.6 is 22.9 Å². The Labute approximate surface area is 212 Å². The minimum atomic E-state index is -0.162. The number of nitrogens with zero attached hydrogens (tertiary/aromatic N) is 2. The largest absolute Gasteiger partial charge is 0.491 e. The molecule has 1 aliphatic heterocycles. The molecule has 1 saturated carbocycles. The van der Waals surface area contributed by atoms with Crippen molar-refractivity contribution in [3.05, 3.63) is 51.2 Å². The van der Waals surface area contributed by atoms with Crippen LogP contribution in [0.15, 0.2) is 35.7 Å². The van der Waals surface area contributed by atoms with E-state index in [0.717, 1.165) is 49.8 Å². The minimum absolute atomic E-state index is 0.0104. The van der Waals surface area contributed by atoms with Crippen LogP contribution in [0.1, 0.15) is 62.4 Å². The normalized spacial score (nSPS) is 19.0. The van der Waals surface area contributed by atoms with Crippen LogP contribution in [0.25, 0.3) is 0 Å². The van der Waals surface area contributed by atoms with Crippen LogP contribution in [-0.4, -0.2) is 47.9 Å². The molecule has 0 N–H and O–H groups in total. The van der Waals surface area contributed by atoms with Gasteiger partial charge in [0.2, 0.25) is 11.8 Å². The summed E-state index contributed by atoms with van der Waals surface area (Å²) in [6.07, 6.45) is 5.95. The highest BCUT2D eigenvalue weighted by Gasteiger charge is 2.35. The molecule has 34 heavy (non-hydrogen) atoms. The van der Waals surface area contributed by atoms with Gasteiger partial charge in [0, 0.05) is 28.9 Å². The third-order valence-corrected chi connectivity index (χ3v) is 8.46. The molecule has 0 spiro atoms. The van der Waals surface area contributed by atoms with E-state index >= 15 is 0 Å². The number of hydrogen-bond donors (Lipinski definition) is 0. The summed E-state index contributed by atoms with van der Waals surface area (Å²) in [5, 5.41) is 2.75. The van der Waals surface area contributed by atoms with Crippen molar-refractivity contribution >= 4 is 34.8 Å². The lowest BCUT2D eigenvalue weighted by Crippen LogP contribution is -2.49. The highest BCUT2D eigenvalue weighted by atomic mass is 35.5. The van der Waals surface area contributed by atoms with Crippen LogP contribution in [0, 0.1) is 11.8 Å². The predicted molar refractivity (Wildman–Crippen MR) is 137 cm³/mol. The average molecular weight is 503 g/mol. The van der Waals surface area contributed by atoms with Gasteiger partial charge in [-0.2, -0.15) is 0 Å². The highest BCUT2D eigenvalue weighted by molar-refractivity contribution is 7.10. The van der Waals surface area contributed by atoms with Crippen LogP contribution in [-0.2, 0) is 16.0 Å². The van der Waals surface area contributed by atoms with Crippen LogP contribution in [0.5, 0.6) is 5.75 Å². The quantitative estimate of drug-likeness (QED) is 0.424. The van der Waals surface area contributed by atoms with E-state index in [-0.39, 0.29) is 30.3 Å². The maximum absolute atomic E-state index is 13.7. The number of fused-ring (bicyclic) bond motifs is 1. The molecule has 2 aliphatic rings. The molecule has 1 aromatic carbocycles. The van der Waals surface area contributed by atoms with Crippen LogP contribution in [0.4, 0.5) is 0 Å². The van der Waals surface area contributed by atoms with Crippen molar-refractivity contribution in [2.75, 3.05) is 26.2 Å². The summed E-state index contributed by atoms with van der Waals surface area (Å²) < 4.78 is 6.09. The topological polar surface area (TPSA) is 49.9 Å². The molecule has 2 aromatic rings. The summed E-state index contributed by atoms with van der Waals surface area (Å²) >= 11 is 7.74. The second-order valence-electron chi connectivity index (χ2n) is 9.63. The van der Waals surface area contributed by atoms with Gasteiger partial charge in [-0.05, 0) is 66.5 Å². The Morgan fingerprint density at radius 1 is 1.21 bits per heavy atom. The summed E-state index contributed by atoms with van der Waals surface area (Å²) in [5.41, 5.74) is 1.16. The first-order valence-corrected chi connectivity index (χ1v) is 13.7. The predicted octanol–water partition coefficient (Wildman–Crippen LogP) is 5.97. The number of rotatable bonds is 9. The second-order valence-corrected chi connectivity index (χ2v) is 11.1. The van der Waals surface area contributed by atoms with Crippen molar-refractivity contribution in [2.45, 2.75) is 58.4 Å². The van der Waals surface area contributed by atoms with Gasteiger partial charge < -0.3 is 14.5 Å². The molecule has 7 heteroatoms. The lowest BCUT2D eigenvalue weighted by atomic mass is 10.00. The zero-order valence-corrected chi connectivity index (χ0v) is 21.7. The van der Waals surface area contributed by atoms with Crippen LogP contribution < -0.4 is 4.74 Å². The molecule has 4 rings (SSSR count). The van der Waals surface area contributed by atoms with Gasteiger partial charge in [0.05, 0.1) is 12.6 Å². The standard InChI is InChI=1S/C27H35ClN2O3S/c1-3-19(2)16-29(27(32)20-6-4-5-7-20)17-26(31)30-14-12-25-23(13-15-34-25)24(30)18-33-22-10-8-21(28)9-11-22/h8-11,13,15,19-20,24H,3-7,12,14,16-18H2,1-2H3. The van der Waals surface area contributed by atoms with Crippen molar-refractivity contribution in [1.29, 1.82) is 0 Å². The van der Waals surface area contributed by atoms with E-state index in [2.05, 4.69) is 25.3 Å². The number of benzene rings is 1. The molecule has 2 atom stereocenters. The Morgan fingerprint density at radius 3 is 2.65 bits per heavy atom. The lowest BCUT2D eigenvalue weighted by molar-refractivity contribution is -0.145. The highest BCUT2D eigenvalue weighted by Crippen LogP contribution is 2.34. The summed E-state index contributed by atoms with van der Waals surface area (Å²) in [6, 6.07) is 9.25. The van der Waals surface area contributed by atoms with Gasteiger partial charge in [0.25, 0.3) is 0 Å². The third kappa shape index (κ3) is 5.95. The second kappa shape index (κ2) is 11.6. The molecular formula is C27H35ClN2O3S. The van der Waals surface area contributed by atoms with Crippen molar-refractivity contribution < 1.29 is 14.3 Å². The summed E-state index contributed by atoms with van der Waals surface area (Å²) in [7, 11) is 0. The third-order valence-electron chi connectivity index (χ3n) is 7.21. The minimum Gasteiger partial charge on any atom is -0.491 e. The number of carbonyl (C=O) groups is 2. The number of amides is 2. The van der Waals surface area contributed by atoms with Gasteiger partial charge in [-0.25, -0.2) is 0 Å². The molecule has 2 amide bonds. The molecule has 2 unspecified atom stereocenters. The van der Waals surface area contributed by atoms with E-state index in [9.17, 15) is 9.59 Å². The first-order chi connectivity index (χ1) is 16.5. The monoisotopic (exact) mass is 502 g/mol. The molecular weight excluding hydrogens is 468 g/mol. The van der Waals surface area contributed by atoms with Crippen LogP contribution in [0.2, 0.25) is 5.02 Å². The number of ether oxygens (including phenoxy) is 1. The van der Waals surface area contributed by atoms with Gasteiger partial charge in [0.15, 0.2) is 0 Å². The Balaban J connectivity index is 1.49. The molecule has 0 bridgehead atoms.